The molecule has 1 aromatic carbocycles. The summed E-state index contributed by atoms with van der Waals surface area (Å²) in [6.45, 7) is -0.0852. The van der Waals surface area contributed by atoms with Crippen molar-refractivity contribution in [2.45, 2.75) is 6.61 Å². The van der Waals surface area contributed by atoms with Gasteiger partial charge in [0.25, 0.3) is 0 Å². The zero-order chi connectivity index (χ0) is 13.8. The van der Waals surface area contributed by atoms with Crippen LogP contribution in [-0.4, -0.2) is 16.0 Å². The molecule has 0 unspecified atom stereocenters. The van der Waals surface area contributed by atoms with Gasteiger partial charge in [0.05, 0.1) is 10.5 Å². The van der Waals surface area contributed by atoms with Gasteiger partial charge in [-0.2, -0.15) is 0 Å². The number of para-hydroxylation sites is 2. The number of hydrogen-bond donors (Lipinski definition) is 1. The van der Waals surface area contributed by atoms with Crippen molar-refractivity contribution in [3.8, 4) is 5.75 Å². The number of carboxylic acid groups (broad SMARTS) is 1. The second-order valence-electron chi connectivity index (χ2n) is 3.62. The lowest BCUT2D eigenvalue weighted by Gasteiger charge is -2.04. The zero-order valence-electron chi connectivity index (χ0n) is 9.61. The molecule has 7 nitrogen and oxygen atoms in total. The van der Waals surface area contributed by atoms with E-state index in [-0.39, 0.29) is 29.4 Å². The van der Waals surface area contributed by atoms with Crippen molar-refractivity contribution in [3.63, 3.8) is 0 Å². The Balaban J connectivity index is 2.10. The number of carbonyl (C=O) groups is 1. The highest BCUT2D eigenvalue weighted by Gasteiger charge is 2.15. The Hall–Kier alpha value is -2.83. The molecule has 98 valence electrons. The molecular weight excluding hydrogens is 254 g/mol. The normalized spacial score (nSPS) is 10.1. The molecule has 2 aromatic rings. The highest BCUT2D eigenvalue weighted by molar-refractivity contribution is 5.87. The highest BCUT2D eigenvalue weighted by atomic mass is 16.6. The molecule has 0 amide bonds. The van der Waals surface area contributed by atoms with Gasteiger partial charge in [0.1, 0.15) is 18.6 Å². The molecule has 2 rings (SSSR count). The van der Waals surface area contributed by atoms with E-state index in [0.717, 1.165) is 6.26 Å². The quantitative estimate of drug-likeness (QED) is 0.656. The molecule has 1 N–H and O–H groups in total. The third-order valence-corrected chi connectivity index (χ3v) is 2.33. The second-order valence-corrected chi connectivity index (χ2v) is 3.62. The number of hydrogen-bond acceptors (Lipinski definition) is 5. The van der Waals surface area contributed by atoms with Gasteiger partial charge in [-0.1, -0.05) is 12.1 Å². The van der Waals surface area contributed by atoms with E-state index in [9.17, 15) is 14.9 Å². The van der Waals surface area contributed by atoms with Crippen LogP contribution in [-0.2, 0) is 6.61 Å². The maximum absolute atomic E-state index is 10.8. The van der Waals surface area contributed by atoms with E-state index in [1.807, 2.05) is 0 Å². The summed E-state index contributed by atoms with van der Waals surface area (Å²) in [5.74, 6) is -0.739. The fourth-order valence-electron chi connectivity index (χ4n) is 1.45. The van der Waals surface area contributed by atoms with Crippen molar-refractivity contribution in [1.82, 2.24) is 0 Å². The standard InChI is InChI=1S/C12H9NO6/c14-12(15)8-5-9(18-6-8)7-19-11-4-2-1-3-10(11)13(16)17/h1-6H,7H2,(H,14,15). The van der Waals surface area contributed by atoms with E-state index in [2.05, 4.69) is 0 Å². The molecule has 0 radical (unpaired) electrons. The summed E-state index contributed by atoms with van der Waals surface area (Å²) in [4.78, 5) is 20.8. The van der Waals surface area contributed by atoms with E-state index < -0.39 is 10.9 Å². The number of furan rings is 1. The average Bonchev–Trinajstić information content (AvgIpc) is 2.85. The fourth-order valence-corrected chi connectivity index (χ4v) is 1.45. The largest absolute Gasteiger partial charge is 0.479 e. The Kier molecular flexibility index (Phi) is 3.46. The van der Waals surface area contributed by atoms with Crippen LogP contribution in [0.4, 0.5) is 5.69 Å². The predicted molar refractivity (Wildman–Crippen MR) is 63.1 cm³/mol. The topological polar surface area (TPSA) is 103 Å². The van der Waals surface area contributed by atoms with Crippen LogP contribution in [0.1, 0.15) is 16.1 Å². The van der Waals surface area contributed by atoms with E-state index in [0.29, 0.717) is 0 Å². The molecule has 0 atom stereocenters. The lowest BCUT2D eigenvalue weighted by molar-refractivity contribution is -0.386. The molecule has 1 aromatic heterocycles. The summed E-state index contributed by atoms with van der Waals surface area (Å²) in [6.07, 6.45) is 1.08. The number of rotatable bonds is 5. The van der Waals surface area contributed by atoms with Crippen LogP contribution in [0.15, 0.2) is 41.0 Å². The summed E-state index contributed by atoms with van der Waals surface area (Å²) in [7, 11) is 0. The first-order valence-electron chi connectivity index (χ1n) is 5.25. The predicted octanol–water partition coefficient (Wildman–Crippen LogP) is 2.47. The lowest BCUT2D eigenvalue weighted by Crippen LogP contribution is -1.98. The van der Waals surface area contributed by atoms with Crippen molar-refractivity contribution in [2.75, 3.05) is 0 Å². The molecule has 19 heavy (non-hydrogen) atoms. The smallest absolute Gasteiger partial charge is 0.338 e. The zero-order valence-corrected chi connectivity index (χ0v) is 9.61. The van der Waals surface area contributed by atoms with Crippen molar-refractivity contribution >= 4 is 11.7 Å². The summed E-state index contributed by atoms with van der Waals surface area (Å²) in [5.41, 5.74) is -0.159. The summed E-state index contributed by atoms with van der Waals surface area (Å²) in [6, 6.07) is 7.21. The molecule has 0 aliphatic rings. The van der Waals surface area contributed by atoms with Crippen molar-refractivity contribution in [2.24, 2.45) is 0 Å². The first-order valence-corrected chi connectivity index (χ1v) is 5.25. The molecule has 0 saturated carbocycles. The number of benzene rings is 1. The number of nitro groups is 1. The lowest BCUT2D eigenvalue weighted by atomic mass is 10.3. The molecule has 0 spiro atoms. The van der Waals surface area contributed by atoms with Gasteiger partial charge in [-0.05, 0) is 12.1 Å². The van der Waals surface area contributed by atoms with E-state index >= 15 is 0 Å². The fraction of sp³-hybridized carbons (Fsp3) is 0.0833. The van der Waals surface area contributed by atoms with Gasteiger partial charge in [-0.15, -0.1) is 0 Å². The minimum absolute atomic E-state index is 0.00108. The van der Waals surface area contributed by atoms with Gasteiger partial charge in [-0.3, -0.25) is 10.1 Å². The van der Waals surface area contributed by atoms with Crippen molar-refractivity contribution < 1.29 is 24.0 Å². The molecule has 1 heterocycles. The molecule has 0 aliphatic heterocycles. The maximum atomic E-state index is 10.8. The Morgan fingerprint density at radius 2 is 2.16 bits per heavy atom. The minimum atomic E-state index is -1.11. The van der Waals surface area contributed by atoms with E-state index in [4.69, 9.17) is 14.3 Å². The third-order valence-electron chi connectivity index (χ3n) is 2.33. The summed E-state index contributed by atoms with van der Waals surface area (Å²) in [5, 5.41) is 19.5. The summed E-state index contributed by atoms with van der Waals surface area (Å²) >= 11 is 0. The van der Waals surface area contributed by atoms with Gasteiger partial charge in [0.15, 0.2) is 5.75 Å². The monoisotopic (exact) mass is 263 g/mol. The van der Waals surface area contributed by atoms with Crippen LogP contribution in [0.25, 0.3) is 0 Å². The third kappa shape index (κ3) is 2.89. The van der Waals surface area contributed by atoms with Gasteiger partial charge < -0.3 is 14.3 Å². The van der Waals surface area contributed by atoms with Crippen molar-refractivity contribution in [3.05, 3.63) is 58.0 Å². The number of aromatic carboxylic acids is 1. The number of nitro benzene ring substituents is 1. The first-order chi connectivity index (χ1) is 9.08. The van der Waals surface area contributed by atoms with E-state index in [1.165, 1.54) is 24.3 Å². The van der Waals surface area contributed by atoms with Gasteiger partial charge >= 0.3 is 11.7 Å². The molecule has 0 bridgehead atoms. The minimum Gasteiger partial charge on any atom is -0.479 e. The Morgan fingerprint density at radius 3 is 2.79 bits per heavy atom. The van der Waals surface area contributed by atoms with Gasteiger partial charge in [-0.25, -0.2) is 4.79 Å². The van der Waals surface area contributed by atoms with Crippen LogP contribution < -0.4 is 4.74 Å². The SMILES string of the molecule is O=C(O)c1coc(COc2ccccc2[N+](=O)[O-])c1. The Labute approximate surface area is 107 Å². The van der Waals surface area contributed by atoms with Crippen LogP contribution in [0.3, 0.4) is 0 Å². The average molecular weight is 263 g/mol. The Morgan fingerprint density at radius 1 is 1.42 bits per heavy atom. The van der Waals surface area contributed by atoms with Crippen LogP contribution in [0, 0.1) is 10.1 Å². The van der Waals surface area contributed by atoms with Crippen LogP contribution in [0.5, 0.6) is 5.75 Å². The number of carboxylic acids is 1. The molecule has 0 fully saturated rings. The Bertz CT molecular complexity index is 618. The van der Waals surface area contributed by atoms with Gasteiger partial charge in [0.2, 0.25) is 0 Å². The molecule has 7 heteroatoms. The first kappa shape index (κ1) is 12.6. The molecule has 0 saturated heterocycles. The highest BCUT2D eigenvalue weighted by Crippen LogP contribution is 2.26. The van der Waals surface area contributed by atoms with E-state index in [1.54, 1.807) is 6.07 Å². The second kappa shape index (κ2) is 5.21. The molecular formula is C12H9NO6. The van der Waals surface area contributed by atoms with Crippen LogP contribution in [0.2, 0.25) is 0 Å². The summed E-state index contributed by atoms with van der Waals surface area (Å²) < 4.78 is 10.2. The molecule has 0 aliphatic carbocycles. The van der Waals surface area contributed by atoms with Crippen molar-refractivity contribution in [1.29, 1.82) is 0 Å². The van der Waals surface area contributed by atoms with Crippen LogP contribution >= 0.6 is 0 Å². The van der Waals surface area contributed by atoms with Gasteiger partial charge in [0, 0.05) is 6.07 Å². The number of nitrogens with zero attached hydrogens (tertiary/aromatic N) is 1. The number of ether oxygens (including phenoxy) is 1. The maximum Gasteiger partial charge on any atom is 0.338 e.